The number of nitrogens with zero attached hydrogens (tertiary/aromatic N) is 1. The van der Waals surface area contributed by atoms with E-state index in [1.165, 1.54) is 23.5 Å². The van der Waals surface area contributed by atoms with Gasteiger partial charge in [-0.25, -0.2) is 4.39 Å². The molecule has 2 nitrogen and oxygen atoms in total. The Morgan fingerprint density at radius 1 is 1.00 bits per heavy atom. The predicted octanol–water partition coefficient (Wildman–Crippen LogP) is 4.68. The van der Waals surface area contributed by atoms with Gasteiger partial charge >= 0.3 is 0 Å². The van der Waals surface area contributed by atoms with Crippen LogP contribution in [0.5, 0.6) is 0 Å². The lowest BCUT2D eigenvalue weighted by Gasteiger charge is -2.06. The summed E-state index contributed by atoms with van der Waals surface area (Å²) in [6, 6.07) is 18.0. The lowest BCUT2D eigenvalue weighted by molar-refractivity contribution is 0.628. The van der Waals surface area contributed by atoms with Crippen molar-refractivity contribution in [2.45, 2.75) is 0 Å². The Bertz CT molecular complexity index is 832. The Morgan fingerprint density at radius 2 is 1.71 bits per heavy atom. The number of nitrogen functional groups attached to an aromatic ring is 1. The molecule has 1 heterocycles. The molecule has 3 rings (SSSR count). The molecule has 4 heteroatoms. The zero-order valence-electron chi connectivity index (χ0n) is 11.0. The minimum absolute atomic E-state index is 0.308. The van der Waals surface area contributed by atoms with Crippen LogP contribution < -0.4 is 5.73 Å². The molecule has 0 saturated carbocycles. The second kappa shape index (κ2) is 5.39. The summed E-state index contributed by atoms with van der Waals surface area (Å²) in [7, 11) is 0. The van der Waals surface area contributed by atoms with Crippen molar-refractivity contribution in [3.05, 3.63) is 65.3 Å². The van der Waals surface area contributed by atoms with Gasteiger partial charge in [0.15, 0.2) is 0 Å². The van der Waals surface area contributed by atoms with E-state index in [4.69, 9.17) is 5.73 Å². The molecule has 3 aromatic rings. The Kier molecular flexibility index (Phi) is 3.43. The van der Waals surface area contributed by atoms with Crippen LogP contribution in [-0.4, -0.2) is 0 Å². The fourth-order valence-corrected chi connectivity index (χ4v) is 3.29. The van der Waals surface area contributed by atoms with E-state index in [1.807, 2.05) is 36.4 Å². The smallest absolute Gasteiger partial charge is 0.129 e. The molecule has 0 saturated heterocycles. The molecule has 0 spiro atoms. The van der Waals surface area contributed by atoms with Crippen LogP contribution >= 0.6 is 11.3 Å². The average molecular weight is 294 g/mol. The third kappa shape index (κ3) is 2.39. The predicted molar refractivity (Wildman–Crippen MR) is 84.3 cm³/mol. The third-order valence-corrected chi connectivity index (χ3v) is 4.36. The third-order valence-electron chi connectivity index (χ3n) is 3.20. The van der Waals surface area contributed by atoms with Crippen LogP contribution in [0, 0.1) is 17.1 Å². The van der Waals surface area contributed by atoms with Gasteiger partial charge in [-0.2, -0.15) is 5.26 Å². The molecule has 102 valence electrons. The summed E-state index contributed by atoms with van der Waals surface area (Å²) in [5.41, 5.74) is 9.01. The van der Waals surface area contributed by atoms with Gasteiger partial charge < -0.3 is 5.73 Å². The van der Waals surface area contributed by atoms with E-state index in [0.29, 0.717) is 10.6 Å². The first-order valence-electron chi connectivity index (χ1n) is 6.34. The number of thiophene rings is 1. The Morgan fingerprint density at radius 3 is 2.38 bits per heavy atom. The molecule has 0 atom stereocenters. The highest BCUT2D eigenvalue weighted by Crippen LogP contribution is 2.44. The van der Waals surface area contributed by atoms with Crippen LogP contribution in [0.3, 0.4) is 0 Å². The van der Waals surface area contributed by atoms with Crippen LogP contribution in [-0.2, 0) is 0 Å². The highest BCUT2D eigenvalue weighted by Gasteiger charge is 2.18. The highest BCUT2D eigenvalue weighted by molar-refractivity contribution is 7.17. The maximum Gasteiger partial charge on any atom is 0.129 e. The summed E-state index contributed by atoms with van der Waals surface area (Å²) in [6.45, 7) is 0. The Balaban J connectivity index is 2.29. The van der Waals surface area contributed by atoms with E-state index < -0.39 is 0 Å². The Labute approximate surface area is 125 Å². The lowest BCUT2D eigenvalue weighted by Crippen LogP contribution is -1.89. The SMILES string of the molecule is N#Cc1sc(-c2cccc(F)c2)c(-c2ccccc2)c1N. The van der Waals surface area contributed by atoms with Crippen LogP contribution in [0.1, 0.15) is 4.88 Å². The van der Waals surface area contributed by atoms with Gasteiger partial charge in [0.1, 0.15) is 16.8 Å². The first-order valence-corrected chi connectivity index (χ1v) is 7.16. The number of hydrogen-bond donors (Lipinski definition) is 1. The molecule has 21 heavy (non-hydrogen) atoms. The fourth-order valence-electron chi connectivity index (χ4n) is 2.25. The quantitative estimate of drug-likeness (QED) is 0.746. The maximum atomic E-state index is 13.5. The molecular formula is C17H11FN2S. The minimum atomic E-state index is -0.308. The van der Waals surface area contributed by atoms with E-state index in [-0.39, 0.29) is 5.82 Å². The molecule has 0 unspecified atom stereocenters. The summed E-state index contributed by atoms with van der Waals surface area (Å²) in [6.07, 6.45) is 0. The number of nitrogens with two attached hydrogens (primary N) is 1. The average Bonchev–Trinajstić information content (AvgIpc) is 2.85. The van der Waals surface area contributed by atoms with Crippen molar-refractivity contribution < 1.29 is 4.39 Å². The van der Waals surface area contributed by atoms with E-state index in [9.17, 15) is 9.65 Å². The first-order chi connectivity index (χ1) is 10.2. The van der Waals surface area contributed by atoms with Crippen molar-refractivity contribution in [1.82, 2.24) is 0 Å². The number of hydrogen-bond acceptors (Lipinski definition) is 3. The van der Waals surface area contributed by atoms with Crippen molar-refractivity contribution in [1.29, 1.82) is 5.26 Å². The Hall–Kier alpha value is -2.64. The van der Waals surface area contributed by atoms with Crippen LogP contribution in [0.15, 0.2) is 54.6 Å². The largest absolute Gasteiger partial charge is 0.396 e. The van der Waals surface area contributed by atoms with Gasteiger partial charge in [-0.05, 0) is 23.3 Å². The fraction of sp³-hybridized carbons (Fsp3) is 0. The first kappa shape index (κ1) is 13.3. The van der Waals surface area contributed by atoms with Gasteiger partial charge in [0.05, 0.1) is 5.69 Å². The second-order valence-electron chi connectivity index (χ2n) is 4.54. The van der Waals surface area contributed by atoms with Crippen molar-refractivity contribution >= 4 is 17.0 Å². The molecular weight excluding hydrogens is 283 g/mol. The number of rotatable bonds is 2. The van der Waals surface area contributed by atoms with Crippen LogP contribution in [0.25, 0.3) is 21.6 Å². The monoisotopic (exact) mass is 294 g/mol. The van der Waals surface area contributed by atoms with Crippen LogP contribution in [0.2, 0.25) is 0 Å². The molecule has 1 aromatic heterocycles. The molecule has 0 radical (unpaired) electrons. The van der Waals surface area contributed by atoms with Gasteiger partial charge in [0.25, 0.3) is 0 Å². The molecule has 0 aliphatic heterocycles. The molecule has 0 aliphatic rings. The highest BCUT2D eigenvalue weighted by atomic mass is 32.1. The van der Waals surface area contributed by atoms with Crippen molar-refractivity contribution in [2.75, 3.05) is 5.73 Å². The zero-order valence-corrected chi connectivity index (χ0v) is 11.8. The normalized spacial score (nSPS) is 10.3. The van der Waals surface area contributed by atoms with Gasteiger partial charge in [-0.15, -0.1) is 11.3 Å². The minimum Gasteiger partial charge on any atom is -0.396 e. The molecule has 0 bridgehead atoms. The van der Waals surface area contributed by atoms with E-state index in [2.05, 4.69) is 6.07 Å². The van der Waals surface area contributed by atoms with Crippen molar-refractivity contribution in [2.24, 2.45) is 0 Å². The van der Waals surface area contributed by atoms with Crippen molar-refractivity contribution in [3.63, 3.8) is 0 Å². The molecule has 0 amide bonds. The zero-order chi connectivity index (χ0) is 14.8. The maximum absolute atomic E-state index is 13.5. The number of anilines is 1. The number of halogens is 1. The second-order valence-corrected chi connectivity index (χ2v) is 5.56. The summed E-state index contributed by atoms with van der Waals surface area (Å²) in [5, 5.41) is 9.21. The van der Waals surface area contributed by atoms with Gasteiger partial charge in [-0.3, -0.25) is 0 Å². The van der Waals surface area contributed by atoms with E-state index >= 15 is 0 Å². The van der Waals surface area contributed by atoms with E-state index in [1.54, 1.807) is 6.07 Å². The lowest BCUT2D eigenvalue weighted by atomic mass is 10.0. The van der Waals surface area contributed by atoms with E-state index in [0.717, 1.165) is 21.6 Å². The number of benzene rings is 2. The van der Waals surface area contributed by atoms with Crippen molar-refractivity contribution in [3.8, 4) is 27.6 Å². The standard InChI is InChI=1S/C17H11FN2S/c18-13-8-4-7-12(9-13)17-15(11-5-2-1-3-6-11)16(20)14(10-19)21-17/h1-9H,20H2. The molecule has 0 fully saturated rings. The summed E-state index contributed by atoms with van der Waals surface area (Å²) in [5.74, 6) is -0.308. The van der Waals surface area contributed by atoms with Crippen LogP contribution in [0.4, 0.5) is 10.1 Å². The van der Waals surface area contributed by atoms with Gasteiger partial charge in [0.2, 0.25) is 0 Å². The number of nitriles is 1. The topological polar surface area (TPSA) is 49.8 Å². The van der Waals surface area contributed by atoms with Gasteiger partial charge in [-0.1, -0.05) is 42.5 Å². The molecule has 2 N–H and O–H groups in total. The molecule has 2 aromatic carbocycles. The van der Waals surface area contributed by atoms with Gasteiger partial charge in [0, 0.05) is 10.4 Å². The summed E-state index contributed by atoms with van der Waals surface area (Å²) in [4.78, 5) is 1.27. The summed E-state index contributed by atoms with van der Waals surface area (Å²) < 4.78 is 13.5. The summed E-state index contributed by atoms with van der Waals surface area (Å²) >= 11 is 1.29. The molecule has 0 aliphatic carbocycles.